The Morgan fingerprint density at radius 1 is 1.14 bits per heavy atom. The molecule has 116 valence electrons. The first kappa shape index (κ1) is 15.1. The van der Waals surface area contributed by atoms with Crippen LogP contribution in [-0.2, 0) is 6.61 Å². The summed E-state index contributed by atoms with van der Waals surface area (Å²) in [6.07, 6.45) is 5.21. The van der Waals surface area contributed by atoms with Gasteiger partial charge in [-0.3, -0.25) is 0 Å². The molecule has 1 aromatic rings. The molecule has 3 heterocycles. The first-order valence-electron chi connectivity index (χ1n) is 8.00. The summed E-state index contributed by atoms with van der Waals surface area (Å²) in [4.78, 5) is 9.41. The van der Waals surface area contributed by atoms with Gasteiger partial charge in [-0.05, 0) is 56.8 Å². The van der Waals surface area contributed by atoms with Crippen molar-refractivity contribution in [1.29, 1.82) is 0 Å². The Kier molecular flexibility index (Phi) is 4.99. The van der Waals surface area contributed by atoms with E-state index in [0.29, 0.717) is 10.7 Å². The molecular weight excluding hydrogens is 286 g/mol. The molecule has 0 aliphatic carbocycles. The molecule has 0 amide bonds. The lowest BCUT2D eigenvalue weighted by molar-refractivity contribution is 0.249. The lowest BCUT2D eigenvalue weighted by atomic mass is 9.96. The van der Waals surface area contributed by atoms with Gasteiger partial charge < -0.3 is 14.9 Å². The number of hydrogen-bond donors (Lipinski definition) is 1. The van der Waals surface area contributed by atoms with E-state index in [1.54, 1.807) is 0 Å². The van der Waals surface area contributed by atoms with Crippen molar-refractivity contribution in [2.45, 2.75) is 32.3 Å². The van der Waals surface area contributed by atoms with Gasteiger partial charge in [-0.2, -0.15) is 0 Å². The lowest BCUT2D eigenvalue weighted by Crippen LogP contribution is -2.38. The fourth-order valence-corrected chi connectivity index (χ4v) is 3.60. The predicted molar refractivity (Wildman–Crippen MR) is 85.8 cm³/mol. The number of aromatic nitrogens is 1. The maximum Gasteiger partial charge on any atom is 0.129 e. The quantitative estimate of drug-likeness (QED) is 0.928. The van der Waals surface area contributed by atoms with E-state index >= 15 is 0 Å². The van der Waals surface area contributed by atoms with Gasteiger partial charge in [0.25, 0.3) is 0 Å². The second-order valence-electron chi connectivity index (χ2n) is 6.19. The van der Waals surface area contributed by atoms with Crippen molar-refractivity contribution >= 4 is 17.4 Å². The van der Waals surface area contributed by atoms with Crippen LogP contribution < -0.4 is 4.90 Å². The average molecular weight is 310 g/mol. The Morgan fingerprint density at radius 3 is 2.52 bits per heavy atom. The van der Waals surface area contributed by atoms with Crippen LogP contribution in [0.25, 0.3) is 0 Å². The topological polar surface area (TPSA) is 39.6 Å². The number of aliphatic hydroxyl groups is 1. The second kappa shape index (κ2) is 6.95. The van der Waals surface area contributed by atoms with Gasteiger partial charge in [0.2, 0.25) is 0 Å². The molecule has 2 aliphatic rings. The summed E-state index contributed by atoms with van der Waals surface area (Å²) in [5.74, 6) is 1.77. The standard InChI is InChI=1S/C16H24ClN3O/c17-14-3-4-16(18-15(14)12-21)20-9-5-13(6-10-20)11-19-7-1-2-8-19/h3-4,13,21H,1-2,5-12H2. The van der Waals surface area contributed by atoms with Crippen molar-refractivity contribution in [3.8, 4) is 0 Å². The summed E-state index contributed by atoms with van der Waals surface area (Å²) in [7, 11) is 0. The van der Waals surface area contributed by atoms with Crippen molar-refractivity contribution < 1.29 is 5.11 Å². The molecule has 0 unspecified atom stereocenters. The highest BCUT2D eigenvalue weighted by Crippen LogP contribution is 2.25. The van der Waals surface area contributed by atoms with E-state index in [4.69, 9.17) is 11.6 Å². The molecule has 2 aliphatic heterocycles. The van der Waals surface area contributed by atoms with Gasteiger partial charge in [0, 0.05) is 19.6 Å². The van der Waals surface area contributed by atoms with E-state index in [2.05, 4.69) is 14.8 Å². The van der Waals surface area contributed by atoms with E-state index in [9.17, 15) is 5.11 Å². The number of nitrogens with zero attached hydrogens (tertiary/aromatic N) is 3. The van der Waals surface area contributed by atoms with Gasteiger partial charge in [0.15, 0.2) is 0 Å². The van der Waals surface area contributed by atoms with Crippen LogP contribution in [0, 0.1) is 5.92 Å². The summed E-state index contributed by atoms with van der Waals surface area (Å²) in [5.41, 5.74) is 0.577. The van der Waals surface area contributed by atoms with Gasteiger partial charge in [-0.1, -0.05) is 11.6 Å². The molecule has 2 fully saturated rings. The van der Waals surface area contributed by atoms with Crippen LogP contribution in [-0.4, -0.2) is 47.7 Å². The minimum absolute atomic E-state index is 0.0991. The minimum Gasteiger partial charge on any atom is -0.390 e. The average Bonchev–Trinajstić information content (AvgIpc) is 3.02. The largest absolute Gasteiger partial charge is 0.390 e. The van der Waals surface area contributed by atoms with Crippen molar-refractivity contribution in [1.82, 2.24) is 9.88 Å². The fraction of sp³-hybridized carbons (Fsp3) is 0.688. The molecule has 3 rings (SSSR count). The van der Waals surface area contributed by atoms with E-state index < -0.39 is 0 Å². The van der Waals surface area contributed by atoms with Gasteiger partial charge in [-0.25, -0.2) is 4.98 Å². The molecule has 0 saturated carbocycles. The zero-order valence-corrected chi connectivity index (χ0v) is 13.2. The number of halogens is 1. The van der Waals surface area contributed by atoms with Crippen LogP contribution in [0.15, 0.2) is 12.1 Å². The Morgan fingerprint density at radius 2 is 1.86 bits per heavy atom. The third kappa shape index (κ3) is 3.68. The van der Waals surface area contributed by atoms with Crippen LogP contribution in [0.5, 0.6) is 0 Å². The number of anilines is 1. The van der Waals surface area contributed by atoms with Gasteiger partial charge in [0.1, 0.15) is 5.82 Å². The van der Waals surface area contributed by atoms with Gasteiger partial charge in [0.05, 0.1) is 17.3 Å². The highest BCUT2D eigenvalue weighted by atomic mass is 35.5. The van der Waals surface area contributed by atoms with E-state index in [1.165, 1.54) is 45.3 Å². The van der Waals surface area contributed by atoms with E-state index in [1.807, 2.05) is 12.1 Å². The summed E-state index contributed by atoms with van der Waals surface area (Å²) < 4.78 is 0. The number of likely N-dealkylation sites (tertiary alicyclic amines) is 1. The summed E-state index contributed by atoms with van der Waals surface area (Å²) in [5, 5.41) is 9.82. The minimum atomic E-state index is -0.0991. The number of pyridine rings is 1. The molecule has 1 N–H and O–H groups in total. The van der Waals surface area contributed by atoms with Crippen LogP contribution in [0.2, 0.25) is 5.02 Å². The Hall–Kier alpha value is -0.840. The molecule has 5 heteroatoms. The van der Waals surface area contributed by atoms with Crippen LogP contribution in [0.1, 0.15) is 31.4 Å². The molecule has 0 atom stereocenters. The molecule has 21 heavy (non-hydrogen) atoms. The number of piperidine rings is 1. The fourth-order valence-electron chi connectivity index (χ4n) is 3.43. The Bertz CT molecular complexity index is 469. The van der Waals surface area contributed by atoms with Crippen molar-refractivity contribution in [2.75, 3.05) is 37.6 Å². The van der Waals surface area contributed by atoms with Crippen molar-refractivity contribution in [3.05, 3.63) is 22.8 Å². The molecule has 0 radical (unpaired) electrons. The molecule has 0 aromatic carbocycles. The monoisotopic (exact) mass is 309 g/mol. The van der Waals surface area contributed by atoms with Crippen LogP contribution in [0.3, 0.4) is 0 Å². The highest BCUT2D eigenvalue weighted by Gasteiger charge is 2.23. The molecule has 0 bridgehead atoms. The third-order valence-electron chi connectivity index (χ3n) is 4.71. The van der Waals surface area contributed by atoms with Gasteiger partial charge >= 0.3 is 0 Å². The zero-order valence-electron chi connectivity index (χ0n) is 12.5. The van der Waals surface area contributed by atoms with Crippen molar-refractivity contribution in [2.24, 2.45) is 5.92 Å². The summed E-state index contributed by atoms with van der Waals surface area (Å²) in [6.45, 7) is 5.86. The number of aliphatic hydroxyl groups excluding tert-OH is 1. The van der Waals surface area contributed by atoms with E-state index in [0.717, 1.165) is 24.8 Å². The van der Waals surface area contributed by atoms with E-state index in [-0.39, 0.29) is 6.61 Å². The molecule has 0 spiro atoms. The molecule has 4 nitrogen and oxygen atoms in total. The van der Waals surface area contributed by atoms with Crippen LogP contribution in [0.4, 0.5) is 5.82 Å². The maximum atomic E-state index is 9.27. The number of rotatable bonds is 4. The van der Waals surface area contributed by atoms with Gasteiger partial charge in [-0.15, -0.1) is 0 Å². The highest BCUT2D eigenvalue weighted by molar-refractivity contribution is 6.31. The zero-order chi connectivity index (χ0) is 14.7. The molecule has 1 aromatic heterocycles. The first-order valence-corrected chi connectivity index (χ1v) is 8.37. The van der Waals surface area contributed by atoms with Crippen molar-refractivity contribution in [3.63, 3.8) is 0 Å². The summed E-state index contributed by atoms with van der Waals surface area (Å²) >= 11 is 6.01. The molecule has 2 saturated heterocycles. The predicted octanol–water partition coefficient (Wildman–Crippen LogP) is 2.54. The lowest BCUT2D eigenvalue weighted by Gasteiger charge is -2.34. The Labute approximate surface area is 131 Å². The SMILES string of the molecule is OCc1nc(N2CCC(CN3CCCC3)CC2)ccc1Cl. The maximum absolute atomic E-state index is 9.27. The third-order valence-corrected chi connectivity index (χ3v) is 5.05. The smallest absolute Gasteiger partial charge is 0.129 e. The second-order valence-corrected chi connectivity index (χ2v) is 6.60. The first-order chi connectivity index (χ1) is 10.3. The summed E-state index contributed by atoms with van der Waals surface area (Å²) in [6, 6.07) is 3.80. The normalized spacial score (nSPS) is 21.1. The van der Waals surface area contributed by atoms with Crippen LogP contribution >= 0.6 is 11.6 Å². The number of hydrogen-bond acceptors (Lipinski definition) is 4. The molecular formula is C16H24ClN3O. The Balaban J connectivity index is 1.55.